The topological polar surface area (TPSA) is 97.8 Å². The highest BCUT2D eigenvalue weighted by Crippen LogP contribution is 2.33. The molecule has 0 saturated carbocycles. The predicted molar refractivity (Wildman–Crippen MR) is 140 cm³/mol. The van der Waals surface area contributed by atoms with Crippen molar-refractivity contribution in [2.24, 2.45) is 0 Å². The number of hydrogen-bond acceptors (Lipinski definition) is 6. The number of hydrogen-bond donors (Lipinski definition) is 1. The van der Waals surface area contributed by atoms with Gasteiger partial charge in [-0.05, 0) is 61.7 Å². The van der Waals surface area contributed by atoms with Gasteiger partial charge in [0.2, 0.25) is 5.91 Å². The predicted octanol–water partition coefficient (Wildman–Crippen LogP) is 3.82. The highest BCUT2D eigenvalue weighted by atomic mass is 16.5. The number of para-hydroxylation sites is 1. The van der Waals surface area contributed by atoms with Crippen molar-refractivity contribution in [1.29, 1.82) is 0 Å². The van der Waals surface area contributed by atoms with E-state index in [0.29, 0.717) is 48.7 Å². The summed E-state index contributed by atoms with van der Waals surface area (Å²) in [6.45, 7) is 4.54. The minimum atomic E-state index is -0.209. The number of benzene rings is 2. The van der Waals surface area contributed by atoms with Crippen LogP contribution in [-0.2, 0) is 16.0 Å². The van der Waals surface area contributed by atoms with E-state index in [1.54, 1.807) is 29.3 Å². The first-order valence-corrected chi connectivity index (χ1v) is 12.4. The van der Waals surface area contributed by atoms with Crippen LogP contribution in [0.1, 0.15) is 40.0 Å². The molecule has 0 radical (unpaired) electrons. The smallest absolute Gasteiger partial charge is 0.265 e. The van der Waals surface area contributed by atoms with Crippen LogP contribution in [-0.4, -0.2) is 48.9 Å². The van der Waals surface area contributed by atoms with Crippen molar-refractivity contribution < 1.29 is 23.9 Å². The number of carbonyl (C=O) groups is 3. The average molecular weight is 502 g/mol. The van der Waals surface area contributed by atoms with Crippen molar-refractivity contribution >= 4 is 23.3 Å². The third kappa shape index (κ3) is 6.73. The number of Topliss-reactive ketones (excluding diaryl/α,β-unsaturated/α-hetero) is 1. The maximum atomic E-state index is 12.9. The van der Waals surface area contributed by atoms with Crippen LogP contribution in [0.2, 0.25) is 0 Å². The number of aromatic nitrogens is 1. The molecule has 2 aromatic carbocycles. The maximum absolute atomic E-state index is 12.9. The van der Waals surface area contributed by atoms with Crippen LogP contribution in [0, 0.1) is 13.8 Å². The van der Waals surface area contributed by atoms with Crippen molar-refractivity contribution in [1.82, 2.24) is 10.3 Å². The first-order chi connectivity index (χ1) is 17.9. The fourth-order valence-corrected chi connectivity index (χ4v) is 4.23. The second-order valence-corrected chi connectivity index (χ2v) is 8.97. The number of rotatable bonds is 11. The summed E-state index contributed by atoms with van der Waals surface area (Å²) in [4.78, 5) is 43.6. The Balaban J connectivity index is 1.33. The highest BCUT2D eigenvalue weighted by Gasteiger charge is 2.26. The summed E-state index contributed by atoms with van der Waals surface area (Å²) in [5, 5.41) is 2.89. The Bertz CT molecular complexity index is 1260. The van der Waals surface area contributed by atoms with Gasteiger partial charge < -0.3 is 19.7 Å². The van der Waals surface area contributed by atoms with Crippen molar-refractivity contribution in [3.8, 4) is 11.5 Å². The second kappa shape index (κ2) is 12.2. The number of pyridine rings is 1. The summed E-state index contributed by atoms with van der Waals surface area (Å²) < 4.78 is 11.4. The monoisotopic (exact) mass is 501 g/mol. The Morgan fingerprint density at radius 3 is 2.65 bits per heavy atom. The number of anilines is 1. The molecule has 0 spiro atoms. The van der Waals surface area contributed by atoms with Crippen LogP contribution >= 0.6 is 0 Å². The number of fused-ring (bicyclic) bond motifs is 1. The van der Waals surface area contributed by atoms with E-state index >= 15 is 0 Å². The molecule has 4 rings (SSSR count). The van der Waals surface area contributed by atoms with Gasteiger partial charge in [-0.25, -0.2) is 0 Å². The Kier molecular flexibility index (Phi) is 8.51. The van der Waals surface area contributed by atoms with Gasteiger partial charge in [-0.3, -0.25) is 19.4 Å². The third-order valence-corrected chi connectivity index (χ3v) is 6.20. The largest absolute Gasteiger partial charge is 0.485 e. The number of nitrogens with one attached hydrogen (secondary N) is 1. The van der Waals surface area contributed by atoms with E-state index in [1.165, 1.54) is 0 Å². The Labute approximate surface area is 216 Å². The zero-order valence-corrected chi connectivity index (χ0v) is 21.2. The lowest BCUT2D eigenvalue weighted by Gasteiger charge is -2.29. The van der Waals surface area contributed by atoms with E-state index in [4.69, 9.17) is 9.47 Å². The van der Waals surface area contributed by atoms with Gasteiger partial charge in [0.15, 0.2) is 19.0 Å². The van der Waals surface area contributed by atoms with E-state index < -0.39 is 0 Å². The summed E-state index contributed by atoms with van der Waals surface area (Å²) in [7, 11) is 0. The van der Waals surface area contributed by atoms with Crippen LogP contribution in [0.15, 0.2) is 60.8 Å². The second-order valence-electron chi connectivity index (χ2n) is 8.97. The van der Waals surface area contributed by atoms with Gasteiger partial charge in [0.25, 0.3) is 5.91 Å². The SMILES string of the molecule is Cc1cccc(C)c1OCC(=O)c1ccc2c(c1)N(CCCC(=O)NCCc1ccccn1)C(=O)CO2. The fraction of sp³-hybridized carbons (Fsp3) is 0.310. The zero-order chi connectivity index (χ0) is 26.2. The maximum Gasteiger partial charge on any atom is 0.265 e. The van der Waals surface area contributed by atoms with Crippen LogP contribution in [0.4, 0.5) is 5.69 Å². The molecule has 0 saturated heterocycles. The summed E-state index contributed by atoms with van der Waals surface area (Å²) in [6, 6.07) is 16.5. The lowest BCUT2D eigenvalue weighted by atomic mass is 10.1. The van der Waals surface area contributed by atoms with Crippen molar-refractivity contribution in [2.45, 2.75) is 33.1 Å². The highest BCUT2D eigenvalue weighted by molar-refractivity contribution is 6.02. The molecule has 0 unspecified atom stereocenters. The normalized spacial score (nSPS) is 12.5. The molecule has 1 aromatic heterocycles. The molecular weight excluding hydrogens is 470 g/mol. The number of carbonyl (C=O) groups excluding carboxylic acids is 3. The number of nitrogens with zero attached hydrogens (tertiary/aromatic N) is 2. The molecule has 2 amide bonds. The number of ketones is 1. The summed E-state index contributed by atoms with van der Waals surface area (Å²) in [5.41, 5.74) is 3.81. The number of amides is 2. The lowest BCUT2D eigenvalue weighted by Crippen LogP contribution is -2.40. The van der Waals surface area contributed by atoms with Crippen LogP contribution < -0.4 is 19.7 Å². The molecule has 192 valence electrons. The molecule has 3 aromatic rings. The Morgan fingerprint density at radius 2 is 1.89 bits per heavy atom. The van der Waals surface area contributed by atoms with Gasteiger partial charge >= 0.3 is 0 Å². The molecule has 0 aliphatic carbocycles. The zero-order valence-electron chi connectivity index (χ0n) is 21.2. The van der Waals surface area contributed by atoms with Gasteiger partial charge in [-0.1, -0.05) is 24.3 Å². The Hall–Kier alpha value is -4.20. The fourth-order valence-electron chi connectivity index (χ4n) is 4.23. The molecular formula is C29H31N3O5. The molecule has 2 heterocycles. The molecule has 0 fully saturated rings. The minimum Gasteiger partial charge on any atom is -0.485 e. The molecule has 0 bridgehead atoms. The molecule has 1 aliphatic heterocycles. The first-order valence-electron chi connectivity index (χ1n) is 12.4. The number of ether oxygens (including phenoxy) is 2. The molecule has 8 nitrogen and oxygen atoms in total. The van der Waals surface area contributed by atoms with E-state index in [1.807, 2.05) is 50.2 Å². The lowest BCUT2D eigenvalue weighted by molar-refractivity contribution is -0.122. The van der Waals surface area contributed by atoms with E-state index in [0.717, 1.165) is 16.8 Å². The first kappa shape index (κ1) is 25.9. The van der Waals surface area contributed by atoms with Crippen LogP contribution in [0.3, 0.4) is 0 Å². The molecule has 8 heteroatoms. The van der Waals surface area contributed by atoms with Crippen molar-refractivity contribution in [3.05, 3.63) is 83.2 Å². The summed E-state index contributed by atoms with van der Waals surface area (Å²) >= 11 is 0. The molecule has 37 heavy (non-hydrogen) atoms. The van der Waals surface area contributed by atoms with Gasteiger partial charge in [0, 0.05) is 43.4 Å². The average Bonchev–Trinajstić information content (AvgIpc) is 2.90. The Morgan fingerprint density at radius 1 is 1.08 bits per heavy atom. The van der Waals surface area contributed by atoms with E-state index in [-0.39, 0.29) is 37.2 Å². The third-order valence-electron chi connectivity index (χ3n) is 6.20. The van der Waals surface area contributed by atoms with Crippen molar-refractivity contribution in [3.63, 3.8) is 0 Å². The van der Waals surface area contributed by atoms with Gasteiger partial charge in [-0.2, -0.15) is 0 Å². The molecule has 1 aliphatic rings. The number of aryl methyl sites for hydroxylation is 2. The van der Waals surface area contributed by atoms with E-state index in [2.05, 4.69) is 10.3 Å². The van der Waals surface area contributed by atoms with Crippen molar-refractivity contribution in [2.75, 3.05) is 31.2 Å². The quantitative estimate of drug-likeness (QED) is 0.401. The molecule has 0 atom stereocenters. The minimum absolute atomic E-state index is 0.0771. The summed E-state index contributed by atoms with van der Waals surface area (Å²) in [6.07, 6.45) is 3.15. The van der Waals surface area contributed by atoms with Crippen LogP contribution in [0.5, 0.6) is 11.5 Å². The standard InChI is InChI=1S/C29H31N3O5/c1-20-7-5-8-21(2)29(20)37-18-25(33)22-11-12-26-24(17-22)32(28(35)19-36-26)16-6-10-27(34)31-15-13-23-9-3-4-14-30-23/h3-5,7-9,11-12,14,17H,6,10,13,15-16,18-19H2,1-2H3,(H,31,34). The summed E-state index contributed by atoms with van der Waals surface area (Å²) in [5.74, 6) is 0.749. The van der Waals surface area contributed by atoms with Gasteiger partial charge in [-0.15, -0.1) is 0 Å². The van der Waals surface area contributed by atoms with Gasteiger partial charge in [0.1, 0.15) is 11.5 Å². The van der Waals surface area contributed by atoms with E-state index in [9.17, 15) is 14.4 Å². The van der Waals surface area contributed by atoms with Gasteiger partial charge in [0.05, 0.1) is 5.69 Å². The molecule has 1 N–H and O–H groups in total. The van der Waals surface area contributed by atoms with Crippen LogP contribution in [0.25, 0.3) is 0 Å².